The molecule has 1 aliphatic heterocycles. The van der Waals surface area contributed by atoms with Gasteiger partial charge in [0.25, 0.3) is 0 Å². The van der Waals surface area contributed by atoms with E-state index in [1.54, 1.807) is 0 Å². The molecule has 0 aromatic rings. The number of hydrogen-bond donors (Lipinski definition) is 0. The molecular formula is C8H15N+. The number of rotatable bonds is 1. The summed E-state index contributed by atoms with van der Waals surface area (Å²) in [5.41, 5.74) is 0. The van der Waals surface area contributed by atoms with E-state index in [2.05, 4.69) is 31.0 Å². The number of allylic oxidation sites excluding steroid dienone is 1. The Bertz CT molecular complexity index is 107. The molecule has 1 heterocycles. The normalized spacial score (nSPS) is 30.2. The van der Waals surface area contributed by atoms with Gasteiger partial charge in [-0.25, -0.2) is 0 Å². The van der Waals surface area contributed by atoms with Gasteiger partial charge in [-0.05, 0) is 19.9 Å². The van der Waals surface area contributed by atoms with Gasteiger partial charge in [0.15, 0.2) is 0 Å². The zero-order valence-corrected chi connectivity index (χ0v) is 6.30. The molecule has 0 aliphatic carbocycles. The van der Waals surface area contributed by atoms with Crippen LogP contribution in [0.4, 0.5) is 0 Å². The maximum absolute atomic E-state index is 2.40. The third-order valence-corrected chi connectivity index (χ3v) is 1.94. The van der Waals surface area contributed by atoms with Crippen molar-refractivity contribution < 1.29 is 0 Å². The molecule has 1 rings (SSSR count). The Morgan fingerprint density at radius 1 is 1.56 bits per heavy atom. The van der Waals surface area contributed by atoms with Crippen molar-refractivity contribution in [1.82, 2.24) is 4.90 Å². The Morgan fingerprint density at radius 3 is 2.78 bits per heavy atom. The molecule has 1 saturated heterocycles. The minimum absolute atomic E-state index is 0.779. The fourth-order valence-corrected chi connectivity index (χ4v) is 1.37. The van der Waals surface area contributed by atoms with Crippen molar-refractivity contribution >= 4 is 0 Å². The van der Waals surface area contributed by atoms with E-state index in [1.807, 2.05) is 0 Å². The van der Waals surface area contributed by atoms with Crippen LogP contribution in [0.5, 0.6) is 0 Å². The van der Waals surface area contributed by atoms with E-state index in [9.17, 15) is 0 Å². The molecule has 1 heteroatoms. The highest BCUT2D eigenvalue weighted by atomic mass is 15.1. The zero-order valence-electron chi connectivity index (χ0n) is 6.30. The second-order valence-corrected chi connectivity index (χ2v) is 2.71. The van der Waals surface area contributed by atoms with Gasteiger partial charge >= 0.3 is 0 Å². The van der Waals surface area contributed by atoms with E-state index < -0.39 is 0 Å². The third-order valence-electron chi connectivity index (χ3n) is 1.94. The highest BCUT2D eigenvalue weighted by Gasteiger charge is 2.26. The predicted octanol–water partition coefficient (Wildman–Crippen LogP) is 1.84. The van der Waals surface area contributed by atoms with E-state index in [0.717, 1.165) is 6.04 Å². The second kappa shape index (κ2) is 3.02. The summed E-state index contributed by atoms with van der Waals surface area (Å²) in [6, 6.07) is 0.779. The van der Waals surface area contributed by atoms with E-state index in [0.29, 0.717) is 0 Å². The molecule has 0 spiro atoms. The first-order valence-electron chi connectivity index (χ1n) is 3.73. The molecule has 0 N–H and O–H groups in total. The molecule has 0 amide bonds. The molecule has 1 radical (unpaired) electrons. The smallest absolute Gasteiger partial charge is 0.138 e. The average Bonchev–Trinajstić information content (AvgIpc) is 2.18. The summed E-state index contributed by atoms with van der Waals surface area (Å²) in [7, 11) is 0. The van der Waals surface area contributed by atoms with Gasteiger partial charge in [-0.1, -0.05) is 0 Å². The molecule has 0 unspecified atom stereocenters. The maximum atomic E-state index is 2.40. The van der Waals surface area contributed by atoms with Crippen LogP contribution in [-0.4, -0.2) is 12.6 Å². The topological polar surface area (TPSA) is 5.90 Å². The van der Waals surface area contributed by atoms with Crippen molar-refractivity contribution in [2.45, 2.75) is 32.7 Å². The van der Waals surface area contributed by atoms with Crippen LogP contribution in [-0.2, 0) is 0 Å². The summed E-state index contributed by atoms with van der Waals surface area (Å²) in [4.78, 5) is 2.40. The van der Waals surface area contributed by atoms with E-state index >= 15 is 0 Å². The molecule has 0 saturated carbocycles. The van der Waals surface area contributed by atoms with Crippen molar-refractivity contribution in [2.75, 3.05) is 6.54 Å². The highest BCUT2D eigenvalue weighted by molar-refractivity contribution is 4.91. The first-order chi connectivity index (χ1) is 4.34. The Hall–Kier alpha value is -0.300. The minimum atomic E-state index is 0.779. The fourth-order valence-electron chi connectivity index (χ4n) is 1.37. The standard InChI is InChI=1S/C8H15N/c1-3-6-9-7-4-5-8(9)2/h3,6,8H,4-5,7H2,1-2H3/q+1/b6-3+/t8-/m1/s1. The lowest BCUT2D eigenvalue weighted by Crippen LogP contribution is -2.26. The van der Waals surface area contributed by atoms with Crippen LogP contribution in [0.1, 0.15) is 26.7 Å². The Balaban J connectivity index is 2.39. The minimum Gasteiger partial charge on any atom is -0.138 e. The van der Waals surface area contributed by atoms with Gasteiger partial charge < -0.3 is 0 Å². The molecule has 1 nitrogen and oxygen atoms in total. The number of hydrogen-bond acceptors (Lipinski definition) is 1. The van der Waals surface area contributed by atoms with E-state index in [1.165, 1.54) is 19.4 Å². The van der Waals surface area contributed by atoms with Gasteiger partial charge in [-0.3, -0.25) is 0 Å². The lowest BCUT2D eigenvalue weighted by Gasteiger charge is -2.02. The number of likely N-dealkylation sites (tertiary alicyclic amines) is 1. The van der Waals surface area contributed by atoms with Gasteiger partial charge in [0, 0.05) is 12.8 Å². The fraction of sp³-hybridized carbons (Fsp3) is 0.750. The maximum Gasteiger partial charge on any atom is 0.140 e. The van der Waals surface area contributed by atoms with Crippen LogP contribution in [0.2, 0.25) is 0 Å². The molecule has 0 aromatic carbocycles. The molecule has 0 bridgehead atoms. The molecular weight excluding hydrogens is 110 g/mol. The number of nitrogens with zero attached hydrogens (tertiary/aromatic N) is 1. The van der Waals surface area contributed by atoms with Crippen LogP contribution in [0.3, 0.4) is 0 Å². The van der Waals surface area contributed by atoms with Crippen molar-refractivity contribution in [2.24, 2.45) is 0 Å². The highest BCUT2D eigenvalue weighted by Crippen LogP contribution is 2.12. The molecule has 9 heavy (non-hydrogen) atoms. The first kappa shape index (κ1) is 6.81. The second-order valence-electron chi connectivity index (χ2n) is 2.71. The monoisotopic (exact) mass is 125 g/mol. The van der Waals surface area contributed by atoms with Gasteiger partial charge in [-0.2, -0.15) is 0 Å². The Labute approximate surface area is 57.4 Å². The Morgan fingerprint density at radius 2 is 2.33 bits per heavy atom. The summed E-state index contributed by atoms with van der Waals surface area (Å²) in [5, 5.41) is 0. The Kier molecular flexibility index (Phi) is 2.29. The molecule has 1 atom stereocenters. The molecule has 1 aliphatic rings. The lowest BCUT2D eigenvalue weighted by atomic mass is 10.2. The van der Waals surface area contributed by atoms with Gasteiger partial charge in [-0.15, -0.1) is 4.90 Å². The van der Waals surface area contributed by atoms with Crippen molar-refractivity contribution in [3.8, 4) is 0 Å². The van der Waals surface area contributed by atoms with Crippen LogP contribution < -0.4 is 4.90 Å². The van der Waals surface area contributed by atoms with Crippen molar-refractivity contribution in [3.63, 3.8) is 0 Å². The zero-order chi connectivity index (χ0) is 6.69. The summed E-state index contributed by atoms with van der Waals surface area (Å²) in [6.07, 6.45) is 7.04. The van der Waals surface area contributed by atoms with Gasteiger partial charge in [0.2, 0.25) is 0 Å². The summed E-state index contributed by atoms with van der Waals surface area (Å²) >= 11 is 0. The molecule has 51 valence electrons. The van der Waals surface area contributed by atoms with Crippen LogP contribution in [0.15, 0.2) is 12.3 Å². The SMILES string of the molecule is C/C=C/[N+]1CCC[C@H]1C. The van der Waals surface area contributed by atoms with Gasteiger partial charge in [0.1, 0.15) is 18.8 Å². The first-order valence-corrected chi connectivity index (χ1v) is 3.73. The molecule has 0 aromatic heterocycles. The van der Waals surface area contributed by atoms with Crippen LogP contribution in [0, 0.1) is 0 Å². The summed E-state index contributed by atoms with van der Waals surface area (Å²) < 4.78 is 0. The average molecular weight is 125 g/mol. The summed E-state index contributed by atoms with van der Waals surface area (Å²) in [6.45, 7) is 5.61. The third kappa shape index (κ3) is 1.55. The lowest BCUT2D eigenvalue weighted by molar-refractivity contribution is 0.510. The van der Waals surface area contributed by atoms with E-state index in [4.69, 9.17) is 0 Å². The quantitative estimate of drug-likeness (QED) is 0.472. The van der Waals surface area contributed by atoms with Crippen LogP contribution in [0.25, 0.3) is 0 Å². The summed E-state index contributed by atoms with van der Waals surface area (Å²) in [5.74, 6) is 0. The van der Waals surface area contributed by atoms with E-state index in [-0.39, 0.29) is 0 Å². The molecule has 1 fully saturated rings. The van der Waals surface area contributed by atoms with Crippen molar-refractivity contribution in [3.05, 3.63) is 12.3 Å². The van der Waals surface area contributed by atoms with Crippen LogP contribution >= 0.6 is 0 Å². The van der Waals surface area contributed by atoms with Gasteiger partial charge in [0.05, 0.1) is 0 Å². The van der Waals surface area contributed by atoms with Crippen molar-refractivity contribution in [1.29, 1.82) is 0 Å². The predicted molar refractivity (Wildman–Crippen MR) is 40.5 cm³/mol. The largest absolute Gasteiger partial charge is 0.140 e.